The van der Waals surface area contributed by atoms with Crippen LogP contribution in [-0.2, 0) is 0 Å². The minimum Gasteiger partial charge on any atom is -0.388 e. The Morgan fingerprint density at radius 3 is 2.44 bits per heavy atom. The maximum absolute atomic E-state index is 10.3. The van der Waals surface area contributed by atoms with Gasteiger partial charge in [0.25, 0.3) is 0 Å². The summed E-state index contributed by atoms with van der Waals surface area (Å²) in [5, 5.41) is 11.0. The van der Waals surface area contributed by atoms with Crippen LogP contribution >= 0.6 is 11.6 Å². The van der Waals surface area contributed by atoms with Crippen LogP contribution in [0.2, 0.25) is 5.02 Å². The van der Waals surface area contributed by atoms with E-state index in [2.05, 4.69) is 0 Å². The van der Waals surface area contributed by atoms with Crippen molar-refractivity contribution in [2.45, 2.75) is 44.6 Å². The summed E-state index contributed by atoms with van der Waals surface area (Å²) in [7, 11) is 0. The predicted molar refractivity (Wildman–Crippen MR) is 67.6 cm³/mol. The summed E-state index contributed by atoms with van der Waals surface area (Å²) in [5.41, 5.74) is 0.972. The van der Waals surface area contributed by atoms with E-state index in [9.17, 15) is 5.11 Å². The normalized spacial score (nSPS) is 20.4. The van der Waals surface area contributed by atoms with Crippen molar-refractivity contribution in [1.82, 2.24) is 0 Å². The lowest BCUT2D eigenvalue weighted by atomic mass is 9.89. The second kappa shape index (κ2) is 5.70. The van der Waals surface area contributed by atoms with E-state index in [-0.39, 0.29) is 6.10 Å². The highest BCUT2D eigenvalue weighted by Crippen LogP contribution is 2.33. The Morgan fingerprint density at radius 1 is 1.12 bits per heavy atom. The highest BCUT2D eigenvalue weighted by molar-refractivity contribution is 6.30. The third-order valence-electron chi connectivity index (χ3n) is 3.54. The minimum absolute atomic E-state index is 0.336. The zero-order chi connectivity index (χ0) is 11.4. The smallest absolute Gasteiger partial charge is 0.0818 e. The third-order valence-corrected chi connectivity index (χ3v) is 3.77. The Kier molecular flexibility index (Phi) is 4.25. The second-order valence-corrected chi connectivity index (χ2v) is 5.19. The zero-order valence-electron chi connectivity index (χ0n) is 9.53. The van der Waals surface area contributed by atoms with Crippen LogP contribution in [0.4, 0.5) is 0 Å². The van der Waals surface area contributed by atoms with Gasteiger partial charge in [0, 0.05) is 5.02 Å². The molecule has 0 aliphatic heterocycles. The van der Waals surface area contributed by atoms with Crippen LogP contribution in [0, 0.1) is 5.92 Å². The number of benzene rings is 1. The quantitative estimate of drug-likeness (QED) is 0.760. The van der Waals surface area contributed by atoms with Crippen molar-refractivity contribution in [2.75, 3.05) is 0 Å². The van der Waals surface area contributed by atoms with Crippen LogP contribution < -0.4 is 0 Å². The molecule has 0 bridgehead atoms. The maximum Gasteiger partial charge on any atom is 0.0818 e. The molecule has 88 valence electrons. The molecule has 1 saturated carbocycles. The van der Waals surface area contributed by atoms with Gasteiger partial charge in [-0.15, -0.1) is 0 Å². The van der Waals surface area contributed by atoms with Crippen LogP contribution in [0.3, 0.4) is 0 Å². The van der Waals surface area contributed by atoms with Crippen LogP contribution in [-0.4, -0.2) is 5.11 Å². The first-order valence-corrected chi connectivity index (χ1v) is 6.59. The average molecular weight is 239 g/mol. The Morgan fingerprint density at radius 2 is 1.81 bits per heavy atom. The van der Waals surface area contributed by atoms with Crippen LogP contribution in [0.5, 0.6) is 0 Å². The van der Waals surface area contributed by atoms with Gasteiger partial charge >= 0.3 is 0 Å². The fourth-order valence-corrected chi connectivity index (χ4v) is 2.79. The molecule has 1 nitrogen and oxygen atoms in total. The lowest BCUT2D eigenvalue weighted by molar-refractivity contribution is 0.0988. The number of hydrogen-bond acceptors (Lipinski definition) is 1. The summed E-state index contributed by atoms with van der Waals surface area (Å²) in [6.45, 7) is 0. The summed E-state index contributed by atoms with van der Waals surface area (Å²) in [4.78, 5) is 0. The summed E-state index contributed by atoms with van der Waals surface area (Å²) in [6, 6.07) is 7.63. The van der Waals surface area contributed by atoms with Crippen molar-refractivity contribution in [3.63, 3.8) is 0 Å². The Labute approximate surface area is 102 Å². The molecule has 2 rings (SSSR count). The van der Waals surface area contributed by atoms with Gasteiger partial charge in [0.05, 0.1) is 6.10 Å². The van der Waals surface area contributed by atoms with Gasteiger partial charge in [0.2, 0.25) is 0 Å². The number of rotatable bonds is 2. The van der Waals surface area contributed by atoms with E-state index in [1.54, 1.807) is 0 Å². The van der Waals surface area contributed by atoms with E-state index in [0.29, 0.717) is 10.9 Å². The summed E-state index contributed by atoms with van der Waals surface area (Å²) >= 11 is 5.95. The number of halogens is 1. The van der Waals surface area contributed by atoms with E-state index in [1.807, 2.05) is 24.3 Å². The van der Waals surface area contributed by atoms with E-state index in [1.165, 1.54) is 25.7 Å². The molecule has 0 aromatic heterocycles. The minimum atomic E-state index is -0.336. The number of hydrogen-bond donors (Lipinski definition) is 1. The molecule has 0 radical (unpaired) electrons. The van der Waals surface area contributed by atoms with E-state index in [0.717, 1.165) is 18.4 Å². The summed E-state index contributed by atoms with van der Waals surface area (Å²) in [5.74, 6) is 0.418. The predicted octanol–water partition coefficient (Wildman–Crippen LogP) is 4.34. The fraction of sp³-hybridized carbons (Fsp3) is 0.571. The van der Waals surface area contributed by atoms with Crippen molar-refractivity contribution in [3.05, 3.63) is 34.9 Å². The van der Waals surface area contributed by atoms with Crippen molar-refractivity contribution in [1.29, 1.82) is 0 Å². The van der Waals surface area contributed by atoms with Gasteiger partial charge < -0.3 is 5.11 Å². The Bertz CT molecular complexity index is 329. The fourth-order valence-electron chi connectivity index (χ4n) is 2.59. The lowest BCUT2D eigenvalue weighted by Crippen LogP contribution is -2.11. The third kappa shape index (κ3) is 2.99. The van der Waals surface area contributed by atoms with Gasteiger partial charge in [-0.3, -0.25) is 0 Å². The molecule has 0 saturated heterocycles. The van der Waals surface area contributed by atoms with Crippen LogP contribution in [0.1, 0.15) is 50.2 Å². The van der Waals surface area contributed by atoms with Gasteiger partial charge in [0.1, 0.15) is 0 Å². The van der Waals surface area contributed by atoms with E-state index in [4.69, 9.17) is 11.6 Å². The highest BCUT2D eigenvalue weighted by atomic mass is 35.5. The molecule has 16 heavy (non-hydrogen) atoms. The molecule has 2 heteroatoms. The monoisotopic (exact) mass is 238 g/mol. The maximum atomic E-state index is 10.3. The van der Waals surface area contributed by atoms with Crippen molar-refractivity contribution < 1.29 is 5.11 Å². The zero-order valence-corrected chi connectivity index (χ0v) is 10.3. The Balaban J connectivity index is 2.07. The number of aliphatic hydroxyl groups is 1. The SMILES string of the molecule is O[C@@H](c1cccc(Cl)c1)C1CCCCCC1. The molecule has 1 N–H and O–H groups in total. The largest absolute Gasteiger partial charge is 0.388 e. The summed E-state index contributed by atoms with van der Waals surface area (Å²) in [6.07, 6.45) is 7.10. The molecular formula is C14H19ClO. The number of aliphatic hydroxyl groups excluding tert-OH is 1. The second-order valence-electron chi connectivity index (χ2n) is 4.75. The van der Waals surface area contributed by atoms with Gasteiger partial charge in [-0.05, 0) is 36.5 Å². The first-order chi connectivity index (χ1) is 7.77. The average Bonchev–Trinajstić information content (AvgIpc) is 2.56. The van der Waals surface area contributed by atoms with Crippen molar-refractivity contribution >= 4 is 11.6 Å². The molecular weight excluding hydrogens is 220 g/mol. The molecule has 0 spiro atoms. The first kappa shape index (κ1) is 11.9. The molecule has 1 aliphatic carbocycles. The van der Waals surface area contributed by atoms with Gasteiger partial charge in [-0.25, -0.2) is 0 Å². The van der Waals surface area contributed by atoms with Crippen molar-refractivity contribution in [3.8, 4) is 0 Å². The first-order valence-electron chi connectivity index (χ1n) is 6.21. The molecule has 1 aromatic rings. The van der Waals surface area contributed by atoms with Gasteiger partial charge in [-0.2, -0.15) is 0 Å². The lowest BCUT2D eigenvalue weighted by Gasteiger charge is -2.21. The molecule has 1 fully saturated rings. The van der Waals surface area contributed by atoms with E-state index >= 15 is 0 Å². The van der Waals surface area contributed by atoms with Crippen LogP contribution in [0.15, 0.2) is 24.3 Å². The van der Waals surface area contributed by atoms with Crippen molar-refractivity contribution in [2.24, 2.45) is 5.92 Å². The molecule has 0 heterocycles. The van der Waals surface area contributed by atoms with Crippen LogP contribution in [0.25, 0.3) is 0 Å². The van der Waals surface area contributed by atoms with Gasteiger partial charge in [0.15, 0.2) is 0 Å². The van der Waals surface area contributed by atoms with Gasteiger partial charge in [-0.1, -0.05) is 49.4 Å². The topological polar surface area (TPSA) is 20.2 Å². The molecule has 1 aliphatic rings. The standard InChI is InChI=1S/C14H19ClO/c15-13-9-5-8-12(10-13)14(16)11-6-3-1-2-4-7-11/h5,8-11,14,16H,1-4,6-7H2/t14-/m1/s1. The molecule has 1 atom stereocenters. The summed E-state index contributed by atoms with van der Waals surface area (Å²) < 4.78 is 0. The van der Waals surface area contributed by atoms with E-state index < -0.39 is 0 Å². The Hall–Kier alpha value is -0.530. The highest BCUT2D eigenvalue weighted by Gasteiger charge is 2.21. The molecule has 0 amide bonds. The molecule has 0 unspecified atom stereocenters. The molecule has 1 aromatic carbocycles.